The molecule has 1 fully saturated rings. The van der Waals surface area contributed by atoms with Crippen molar-refractivity contribution in [1.82, 2.24) is 10.2 Å². The van der Waals surface area contributed by atoms with Crippen LogP contribution < -0.4 is 5.32 Å². The lowest BCUT2D eigenvalue weighted by Crippen LogP contribution is -2.45. The average Bonchev–Trinajstić information content (AvgIpc) is 2.44. The predicted octanol–water partition coefficient (Wildman–Crippen LogP) is 3.76. The minimum absolute atomic E-state index is 0.295. The van der Waals surface area contributed by atoms with Crippen LogP contribution in [0.1, 0.15) is 43.0 Å². The van der Waals surface area contributed by atoms with Crippen LogP contribution in [0.5, 0.6) is 5.75 Å². The number of aromatic hydroxyl groups is 1. The number of benzene rings is 1. The number of nitrogens with zero attached hydrogens (tertiary/aromatic N) is 1. The van der Waals surface area contributed by atoms with E-state index in [1.165, 1.54) is 5.56 Å². The summed E-state index contributed by atoms with van der Waals surface area (Å²) in [5.41, 5.74) is 3.37. The molecule has 1 saturated heterocycles. The molecular formula is C17H27BrN2O. The van der Waals surface area contributed by atoms with E-state index >= 15 is 0 Å². The Morgan fingerprint density at radius 3 is 2.48 bits per heavy atom. The van der Waals surface area contributed by atoms with Crippen molar-refractivity contribution in [3.05, 3.63) is 27.2 Å². The second kappa shape index (κ2) is 7.12. The van der Waals surface area contributed by atoms with Crippen LogP contribution in [-0.2, 0) is 0 Å². The third-order valence-electron chi connectivity index (χ3n) is 4.33. The van der Waals surface area contributed by atoms with Crippen molar-refractivity contribution in [2.75, 3.05) is 26.2 Å². The Kier molecular flexibility index (Phi) is 5.69. The van der Waals surface area contributed by atoms with Crippen LogP contribution >= 0.6 is 15.9 Å². The summed E-state index contributed by atoms with van der Waals surface area (Å²) in [7, 11) is 0. The molecule has 4 heteroatoms. The molecule has 0 radical (unpaired) electrons. The molecule has 1 aromatic rings. The topological polar surface area (TPSA) is 35.5 Å². The summed E-state index contributed by atoms with van der Waals surface area (Å²) in [5, 5.41) is 14.0. The first-order chi connectivity index (χ1) is 9.91. The number of hydrogen-bond donors (Lipinski definition) is 2. The Labute approximate surface area is 136 Å². The van der Waals surface area contributed by atoms with Gasteiger partial charge in [-0.25, -0.2) is 0 Å². The zero-order chi connectivity index (χ0) is 15.6. The Morgan fingerprint density at radius 2 is 1.90 bits per heavy atom. The first kappa shape index (κ1) is 16.8. The highest BCUT2D eigenvalue weighted by Crippen LogP contribution is 2.40. The molecule has 0 bridgehead atoms. The highest BCUT2D eigenvalue weighted by molar-refractivity contribution is 9.10. The lowest BCUT2D eigenvalue weighted by molar-refractivity contribution is 0.151. The number of rotatable bonds is 4. The van der Waals surface area contributed by atoms with Gasteiger partial charge in [-0.3, -0.25) is 4.90 Å². The highest BCUT2D eigenvalue weighted by atomic mass is 79.9. The van der Waals surface area contributed by atoms with E-state index in [2.05, 4.69) is 46.9 Å². The molecule has 0 saturated carbocycles. The smallest absolute Gasteiger partial charge is 0.120 e. The minimum atomic E-state index is 0.295. The van der Waals surface area contributed by atoms with Crippen molar-refractivity contribution in [2.45, 2.75) is 40.2 Å². The lowest BCUT2D eigenvalue weighted by atomic mass is 9.90. The third kappa shape index (κ3) is 3.79. The summed E-state index contributed by atoms with van der Waals surface area (Å²) in [5.74, 6) is 1.04. The number of aryl methyl sites for hydroxylation is 1. The number of nitrogens with one attached hydrogen (secondary N) is 1. The van der Waals surface area contributed by atoms with E-state index in [-0.39, 0.29) is 0 Å². The van der Waals surface area contributed by atoms with Crippen LogP contribution in [0.4, 0.5) is 0 Å². The molecular weight excluding hydrogens is 328 g/mol. The van der Waals surface area contributed by atoms with Gasteiger partial charge in [0.25, 0.3) is 0 Å². The van der Waals surface area contributed by atoms with E-state index in [1.54, 1.807) is 0 Å². The van der Waals surface area contributed by atoms with Crippen molar-refractivity contribution in [3.8, 4) is 5.75 Å². The molecule has 1 aliphatic heterocycles. The molecule has 0 aromatic heterocycles. The summed E-state index contributed by atoms with van der Waals surface area (Å²) in [4.78, 5) is 2.51. The van der Waals surface area contributed by atoms with Gasteiger partial charge in [0.1, 0.15) is 5.75 Å². The van der Waals surface area contributed by atoms with Crippen LogP contribution in [0.15, 0.2) is 10.5 Å². The fraction of sp³-hybridized carbons (Fsp3) is 0.647. The van der Waals surface area contributed by atoms with Crippen molar-refractivity contribution < 1.29 is 5.11 Å². The van der Waals surface area contributed by atoms with Crippen molar-refractivity contribution >= 4 is 15.9 Å². The molecule has 0 spiro atoms. The molecule has 0 aliphatic carbocycles. The Balaban J connectivity index is 2.43. The van der Waals surface area contributed by atoms with Crippen LogP contribution in [-0.4, -0.2) is 36.2 Å². The normalized spacial score (nSPS) is 18.2. The zero-order valence-electron chi connectivity index (χ0n) is 13.5. The van der Waals surface area contributed by atoms with E-state index in [1.807, 2.05) is 13.0 Å². The number of hydrogen-bond acceptors (Lipinski definition) is 3. The van der Waals surface area contributed by atoms with Gasteiger partial charge in [0.15, 0.2) is 0 Å². The van der Waals surface area contributed by atoms with E-state index in [9.17, 15) is 5.11 Å². The summed E-state index contributed by atoms with van der Waals surface area (Å²) < 4.78 is 1.12. The van der Waals surface area contributed by atoms with E-state index in [0.717, 1.165) is 48.2 Å². The third-order valence-corrected chi connectivity index (χ3v) is 5.55. The van der Waals surface area contributed by atoms with Gasteiger partial charge in [-0.15, -0.1) is 0 Å². The fourth-order valence-corrected chi connectivity index (χ4v) is 3.59. The largest absolute Gasteiger partial charge is 0.508 e. The standard InChI is InChI=1S/C17H27BrN2O/c1-11(2)9-14(20-7-5-19-6-8-20)16-13(4)17(18)12(3)10-15(16)21/h10-11,14,19,21H,5-9H2,1-4H3/t14-/m0/s1. The molecule has 2 rings (SSSR count). The maximum Gasteiger partial charge on any atom is 0.120 e. The van der Waals surface area contributed by atoms with Crippen molar-refractivity contribution in [1.29, 1.82) is 0 Å². The molecule has 1 aromatic carbocycles. The molecule has 1 atom stereocenters. The van der Waals surface area contributed by atoms with Crippen LogP contribution in [0.25, 0.3) is 0 Å². The SMILES string of the molecule is Cc1cc(O)c([C@H](CC(C)C)N2CCNCC2)c(C)c1Br. The first-order valence-electron chi connectivity index (χ1n) is 7.85. The molecule has 1 aliphatic rings. The number of phenolic OH excluding ortho intramolecular Hbond substituents is 1. The van der Waals surface area contributed by atoms with Gasteiger partial charge < -0.3 is 10.4 Å². The van der Waals surface area contributed by atoms with Gasteiger partial charge in [-0.2, -0.15) is 0 Å². The van der Waals surface area contributed by atoms with E-state index in [4.69, 9.17) is 0 Å². The lowest BCUT2D eigenvalue weighted by Gasteiger charge is -2.37. The molecule has 0 amide bonds. The number of halogens is 1. The fourth-order valence-electron chi connectivity index (χ4n) is 3.26. The maximum absolute atomic E-state index is 10.5. The first-order valence-corrected chi connectivity index (χ1v) is 8.64. The molecule has 118 valence electrons. The van der Waals surface area contributed by atoms with Gasteiger partial charge in [-0.1, -0.05) is 29.8 Å². The van der Waals surface area contributed by atoms with Crippen LogP contribution in [0.2, 0.25) is 0 Å². The highest BCUT2D eigenvalue weighted by Gasteiger charge is 2.27. The molecule has 21 heavy (non-hydrogen) atoms. The summed E-state index contributed by atoms with van der Waals surface area (Å²) in [6.07, 6.45) is 1.07. The summed E-state index contributed by atoms with van der Waals surface area (Å²) >= 11 is 3.68. The Hall–Kier alpha value is -0.580. The average molecular weight is 355 g/mol. The van der Waals surface area contributed by atoms with E-state index in [0.29, 0.717) is 17.7 Å². The summed E-state index contributed by atoms with van der Waals surface area (Å²) in [6.45, 7) is 12.8. The van der Waals surface area contributed by atoms with Crippen molar-refractivity contribution in [3.63, 3.8) is 0 Å². The van der Waals surface area contributed by atoms with Crippen LogP contribution in [0.3, 0.4) is 0 Å². The van der Waals surface area contributed by atoms with Gasteiger partial charge in [0.05, 0.1) is 0 Å². The quantitative estimate of drug-likeness (QED) is 0.863. The predicted molar refractivity (Wildman–Crippen MR) is 91.9 cm³/mol. The Morgan fingerprint density at radius 1 is 1.29 bits per heavy atom. The molecule has 3 nitrogen and oxygen atoms in total. The molecule has 0 unspecified atom stereocenters. The number of piperazine rings is 1. The second-order valence-corrected chi connectivity index (χ2v) is 7.29. The van der Waals surface area contributed by atoms with Gasteiger partial charge in [0, 0.05) is 42.3 Å². The van der Waals surface area contributed by atoms with Crippen molar-refractivity contribution in [2.24, 2.45) is 5.92 Å². The van der Waals surface area contributed by atoms with Gasteiger partial charge >= 0.3 is 0 Å². The van der Waals surface area contributed by atoms with Gasteiger partial charge in [0.2, 0.25) is 0 Å². The van der Waals surface area contributed by atoms with Crippen LogP contribution in [0, 0.1) is 19.8 Å². The second-order valence-electron chi connectivity index (χ2n) is 6.50. The monoisotopic (exact) mass is 354 g/mol. The number of phenols is 1. The molecule has 2 N–H and O–H groups in total. The van der Waals surface area contributed by atoms with Gasteiger partial charge in [-0.05, 0) is 43.4 Å². The van der Waals surface area contributed by atoms with E-state index < -0.39 is 0 Å². The Bertz CT molecular complexity index is 496. The molecule has 1 heterocycles. The zero-order valence-corrected chi connectivity index (χ0v) is 15.1. The minimum Gasteiger partial charge on any atom is -0.508 e. The maximum atomic E-state index is 10.5. The summed E-state index contributed by atoms with van der Waals surface area (Å²) in [6, 6.07) is 2.19.